The van der Waals surface area contributed by atoms with Gasteiger partial charge >= 0.3 is 5.97 Å². The number of carbonyl (C=O) groups is 1. The molecule has 2 rings (SSSR count). The maximum atomic E-state index is 12.8. The highest BCUT2D eigenvalue weighted by Crippen LogP contribution is 2.25. The van der Waals surface area contributed by atoms with Gasteiger partial charge in [-0.05, 0) is 37.1 Å². The van der Waals surface area contributed by atoms with Crippen molar-refractivity contribution >= 4 is 5.97 Å². The molecule has 0 bridgehead atoms. The summed E-state index contributed by atoms with van der Waals surface area (Å²) in [5, 5.41) is 0. The van der Waals surface area contributed by atoms with Crippen molar-refractivity contribution in [3.8, 4) is 11.8 Å². The van der Waals surface area contributed by atoms with E-state index in [1.807, 2.05) is 60.7 Å². The highest BCUT2D eigenvalue weighted by molar-refractivity contribution is 5.82. The van der Waals surface area contributed by atoms with Gasteiger partial charge in [0.1, 0.15) is 5.92 Å². The van der Waals surface area contributed by atoms with Gasteiger partial charge in [0.15, 0.2) is 6.61 Å². The predicted molar refractivity (Wildman–Crippen MR) is 120 cm³/mol. The molecule has 0 aliphatic carbocycles. The van der Waals surface area contributed by atoms with Crippen molar-refractivity contribution in [3.63, 3.8) is 0 Å². The Bertz CT molecular complexity index is 714. The zero-order valence-corrected chi connectivity index (χ0v) is 17.8. The Morgan fingerprint density at radius 3 is 1.86 bits per heavy atom. The zero-order valence-electron chi connectivity index (χ0n) is 17.8. The van der Waals surface area contributed by atoms with Crippen LogP contribution in [0.25, 0.3) is 0 Å². The average molecular weight is 392 g/mol. The van der Waals surface area contributed by atoms with Crippen LogP contribution in [0.3, 0.4) is 0 Å². The third-order valence-electron chi connectivity index (χ3n) is 4.87. The molecule has 29 heavy (non-hydrogen) atoms. The van der Waals surface area contributed by atoms with Crippen molar-refractivity contribution in [2.24, 2.45) is 0 Å². The lowest BCUT2D eigenvalue weighted by Gasteiger charge is -2.18. The molecule has 0 aliphatic heterocycles. The normalized spacial score (nSPS) is 10.6. The van der Waals surface area contributed by atoms with Gasteiger partial charge in [-0.25, -0.2) is 0 Å². The van der Waals surface area contributed by atoms with E-state index in [-0.39, 0.29) is 12.6 Å². The number of benzene rings is 2. The third-order valence-corrected chi connectivity index (χ3v) is 4.87. The number of hydrogen-bond donors (Lipinski definition) is 0. The van der Waals surface area contributed by atoms with Gasteiger partial charge in [-0.3, -0.25) is 9.69 Å². The molecule has 0 unspecified atom stereocenters. The van der Waals surface area contributed by atoms with Crippen LogP contribution < -0.4 is 0 Å². The maximum absolute atomic E-state index is 12.8. The quantitative estimate of drug-likeness (QED) is 0.386. The van der Waals surface area contributed by atoms with E-state index in [0.717, 1.165) is 30.8 Å². The molecule has 0 saturated carbocycles. The van der Waals surface area contributed by atoms with E-state index in [2.05, 4.69) is 30.6 Å². The summed E-state index contributed by atoms with van der Waals surface area (Å²) in [7, 11) is 0. The zero-order chi connectivity index (χ0) is 20.7. The molecule has 2 aromatic carbocycles. The lowest BCUT2D eigenvalue weighted by Crippen LogP contribution is -2.26. The van der Waals surface area contributed by atoms with Gasteiger partial charge in [-0.15, -0.1) is 0 Å². The molecule has 0 radical (unpaired) electrons. The first-order valence-corrected chi connectivity index (χ1v) is 10.7. The second kappa shape index (κ2) is 13.6. The molecular formula is C26H33NO2. The monoisotopic (exact) mass is 391 g/mol. The summed E-state index contributed by atoms with van der Waals surface area (Å²) >= 11 is 0. The molecule has 0 atom stereocenters. The summed E-state index contributed by atoms with van der Waals surface area (Å²) < 4.78 is 5.53. The van der Waals surface area contributed by atoms with E-state index in [4.69, 9.17) is 4.74 Å². The highest BCUT2D eigenvalue weighted by Gasteiger charge is 2.23. The second-order valence-corrected chi connectivity index (χ2v) is 7.20. The van der Waals surface area contributed by atoms with Crippen LogP contribution in [0.2, 0.25) is 0 Å². The number of hydrogen-bond acceptors (Lipinski definition) is 3. The summed E-state index contributed by atoms with van der Waals surface area (Å²) in [6, 6.07) is 19.5. The van der Waals surface area contributed by atoms with Crippen LogP contribution in [0.5, 0.6) is 0 Å². The van der Waals surface area contributed by atoms with Crippen LogP contribution in [-0.2, 0) is 9.53 Å². The fourth-order valence-electron chi connectivity index (χ4n) is 3.20. The van der Waals surface area contributed by atoms with Gasteiger partial charge in [0.05, 0.1) is 6.54 Å². The Hall–Kier alpha value is -2.57. The van der Waals surface area contributed by atoms with Crippen molar-refractivity contribution < 1.29 is 9.53 Å². The largest absolute Gasteiger partial charge is 0.452 e. The van der Waals surface area contributed by atoms with Gasteiger partial charge in [-0.2, -0.15) is 0 Å². The van der Waals surface area contributed by atoms with E-state index >= 15 is 0 Å². The summed E-state index contributed by atoms with van der Waals surface area (Å²) in [4.78, 5) is 15.2. The third kappa shape index (κ3) is 8.13. The molecule has 3 heteroatoms. The Labute approximate surface area is 176 Å². The second-order valence-electron chi connectivity index (χ2n) is 7.20. The molecule has 0 aromatic heterocycles. The minimum absolute atomic E-state index is 0.129. The number of esters is 1. The molecule has 3 nitrogen and oxygen atoms in total. The van der Waals surface area contributed by atoms with Gasteiger partial charge in [0.25, 0.3) is 0 Å². The first-order valence-electron chi connectivity index (χ1n) is 10.7. The Morgan fingerprint density at radius 1 is 0.862 bits per heavy atom. The van der Waals surface area contributed by atoms with Crippen molar-refractivity contribution in [1.82, 2.24) is 4.90 Å². The van der Waals surface area contributed by atoms with Crippen LogP contribution in [0.1, 0.15) is 56.6 Å². The molecule has 0 fully saturated rings. The van der Waals surface area contributed by atoms with Crippen LogP contribution in [0.15, 0.2) is 60.7 Å². The summed E-state index contributed by atoms with van der Waals surface area (Å²) in [5.74, 6) is 5.51. The SMILES string of the molecule is CCCCN(CC#CCOC(=O)C(c1ccccc1)c1ccccc1)CCCC. The van der Waals surface area contributed by atoms with Gasteiger partial charge < -0.3 is 4.74 Å². The fraction of sp³-hybridized carbons (Fsp3) is 0.423. The standard InChI is InChI=1S/C26H33NO2/c1-3-5-19-27(20-6-4-2)21-13-14-22-29-26(28)25(23-15-9-7-10-16-23)24-17-11-8-12-18-24/h7-12,15-18,25H,3-6,19-22H2,1-2H3. The van der Waals surface area contributed by atoms with E-state index in [1.54, 1.807) is 0 Å². The van der Waals surface area contributed by atoms with Crippen molar-refractivity contribution in [2.45, 2.75) is 45.4 Å². The van der Waals surface area contributed by atoms with Crippen LogP contribution in [0, 0.1) is 11.8 Å². The molecular weight excluding hydrogens is 358 g/mol. The Kier molecular flexibility index (Phi) is 10.6. The van der Waals surface area contributed by atoms with Crippen LogP contribution in [-0.4, -0.2) is 37.1 Å². The number of ether oxygens (including phenoxy) is 1. The summed E-state index contributed by atoms with van der Waals surface area (Å²) in [5.41, 5.74) is 1.86. The molecule has 0 amide bonds. The highest BCUT2D eigenvalue weighted by atomic mass is 16.5. The molecule has 0 aliphatic rings. The molecule has 0 heterocycles. The van der Waals surface area contributed by atoms with E-state index in [0.29, 0.717) is 0 Å². The Balaban J connectivity index is 1.94. The number of nitrogens with zero attached hydrogens (tertiary/aromatic N) is 1. The molecule has 154 valence electrons. The smallest absolute Gasteiger partial charge is 0.318 e. The van der Waals surface area contributed by atoms with E-state index in [1.165, 1.54) is 25.7 Å². The molecule has 0 saturated heterocycles. The maximum Gasteiger partial charge on any atom is 0.318 e. The van der Waals surface area contributed by atoms with Crippen molar-refractivity contribution in [3.05, 3.63) is 71.8 Å². The van der Waals surface area contributed by atoms with Crippen LogP contribution >= 0.6 is 0 Å². The van der Waals surface area contributed by atoms with Crippen LogP contribution in [0.4, 0.5) is 0 Å². The van der Waals surface area contributed by atoms with Crippen molar-refractivity contribution in [1.29, 1.82) is 0 Å². The predicted octanol–water partition coefficient (Wildman–Crippen LogP) is 5.27. The topological polar surface area (TPSA) is 29.5 Å². The van der Waals surface area contributed by atoms with E-state index in [9.17, 15) is 4.79 Å². The first kappa shape index (κ1) is 22.7. The number of carbonyl (C=O) groups excluding carboxylic acids is 1. The van der Waals surface area contributed by atoms with Crippen molar-refractivity contribution in [2.75, 3.05) is 26.2 Å². The molecule has 0 N–H and O–H groups in total. The minimum Gasteiger partial charge on any atom is -0.452 e. The lowest BCUT2D eigenvalue weighted by molar-refractivity contribution is -0.142. The van der Waals surface area contributed by atoms with Gasteiger partial charge in [0.2, 0.25) is 0 Å². The Morgan fingerprint density at radius 2 is 1.38 bits per heavy atom. The lowest BCUT2D eigenvalue weighted by atomic mass is 9.91. The number of unbranched alkanes of at least 4 members (excludes halogenated alkanes) is 2. The molecule has 0 spiro atoms. The van der Waals surface area contributed by atoms with Gasteiger partial charge in [-0.1, -0.05) is 99.2 Å². The average Bonchev–Trinajstić information content (AvgIpc) is 2.76. The van der Waals surface area contributed by atoms with E-state index < -0.39 is 5.92 Å². The summed E-state index contributed by atoms with van der Waals surface area (Å²) in [6.45, 7) is 7.44. The summed E-state index contributed by atoms with van der Waals surface area (Å²) in [6.07, 6.45) is 4.76. The number of rotatable bonds is 11. The first-order chi connectivity index (χ1) is 14.3. The molecule has 2 aromatic rings. The fourth-order valence-corrected chi connectivity index (χ4v) is 3.20. The minimum atomic E-state index is -0.426. The van der Waals surface area contributed by atoms with Gasteiger partial charge in [0, 0.05) is 0 Å².